The maximum Gasteiger partial charge on any atom is 0.243 e. The zero-order chi connectivity index (χ0) is 17.1. The lowest BCUT2D eigenvalue weighted by Crippen LogP contribution is -2.38. The second kappa shape index (κ2) is 13.4. The predicted octanol–water partition coefficient (Wildman–Crippen LogP) is 2.22. The summed E-state index contributed by atoms with van der Waals surface area (Å²) in [5, 5.41) is 6.52. The Morgan fingerprint density at radius 2 is 2.08 bits per heavy atom. The van der Waals surface area contributed by atoms with Crippen LogP contribution in [0.5, 0.6) is 0 Å². The number of amides is 1. The Labute approximate surface area is 166 Å². The molecule has 0 aliphatic heterocycles. The molecule has 1 rings (SSSR count). The van der Waals surface area contributed by atoms with E-state index < -0.39 is 0 Å². The molecule has 24 heavy (non-hydrogen) atoms. The number of hydrogen-bond donors (Lipinski definition) is 2. The lowest BCUT2D eigenvalue weighted by Gasteiger charge is -2.13. The Morgan fingerprint density at radius 3 is 2.67 bits per heavy atom. The molecule has 0 radical (unpaired) electrons. The molecule has 1 aromatic rings. The van der Waals surface area contributed by atoms with Crippen LogP contribution in [0, 0.1) is 6.92 Å². The van der Waals surface area contributed by atoms with Gasteiger partial charge in [0, 0.05) is 43.6 Å². The van der Waals surface area contributed by atoms with Gasteiger partial charge in [0.25, 0.3) is 0 Å². The molecular formula is C16H29IN4O2S. The molecule has 0 aromatic carbocycles. The normalized spacial score (nSPS) is 10.9. The van der Waals surface area contributed by atoms with Crippen LogP contribution >= 0.6 is 35.3 Å². The molecule has 0 aliphatic carbocycles. The number of guanidine groups is 1. The molecule has 0 bridgehead atoms. The molecule has 2 N–H and O–H groups in total. The van der Waals surface area contributed by atoms with Crippen molar-refractivity contribution in [3.05, 3.63) is 21.9 Å². The van der Waals surface area contributed by atoms with Gasteiger partial charge in [0.2, 0.25) is 5.91 Å². The molecule has 8 heteroatoms. The average molecular weight is 468 g/mol. The highest BCUT2D eigenvalue weighted by Crippen LogP contribution is 2.14. The fourth-order valence-corrected chi connectivity index (χ4v) is 2.57. The molecule has 0 atom stereocenters. The van der Waals surface area contributed by atoms with Gasteiger partial charge in [0.1, 0.15) is 6.54 Å². The monoisotopic (exact) mass is 468 g/mol. The van der Waals surface area contributed by atoms with E-state index in [1.165, 1.54) is 9.75 Å². The van der Waals surface area contributed by atoms with Crippen LogP contribution in [0.2, 0.25) is 0 Å². The van der Waals surface area contributed by atoms with Crippen LogP contribution in [0.1, 0.15) is 23.1 Å². The first-order valence-corrected chi connectivity index (χ1v) is 8.70. The van der Waals surface area contributed by atoms with Crippen molar-refractivity contribution in [1.29, 1.82) is 0 Å². The average Bonchev–Trinajstić information content (AvgIpc) is 2.94. The van der Waals surface area contributed by atoms with Gasteiger partial charge in [-0.1, -0.05) is 0 Å². The zero-order valence-electron chi connectivity index (χ0n) is 14.9. The number of carbonyl (C=O) groups excluding carboxylic acids is 1. The molecule has 0 aliphatic rings. The SMILES string of the molecule is CCOCCCNC(=NCC(=O)N(C)C)NCc1ccc(C)s1.I. The number of thiophene rings is 1. The van der Waals surface area contributed by atoms with Gasteiger partial charge in [-0.05, 0) is 32.4 Å². The lowest BCUT2D eigenvalue weighted by molar-refractivity contribution is -0.127. The summed E-state index contributed by atoms with van der Waals surface area (Å²) in [6.45, 7) is 7.11. The lowest BCUT2D eigenvalue weighted by atomic mass is 10.4. The molecule has 0 unspecified atom stereocenters. The van der Waals surface area contributed by atoms with Crippen molar-refractivity contribution < 1.29 is 9.53 Å². The maximum absolute atomic E-state index is 11.7. The topological polar surface area (TPSA) is 66.0 Å². The summed E-state index contributed by atoms with van der Waals surface area (Å²) in [5.74, 6) is 0.634. The number of nitrogens with zero attached hydrogens (tertiary/aromatic N) is 2. The summed E-state index contributed by atoms with van der Waals surface area (Å²) in [5.41, 5.74) is 0. The van der Waals surface area contributed by atoms with E-state index in [0.29, 0.717) is 12.5 Å². The third kappa shape index (κ3) is 10.1. The second-order valence-electron chi connectivity index (χ2n) is 5.30. The van der Waals surface area contributed by atoms with E-state index in [9.17, 15) is 4.79 Å². The molecule has 0 saturated carbocycles. The number of nitrogens with one attached hydrogen (secondary N) is 2. The number of halogens is 1. The number of carbonyl (C=O) groups is 1. The molecule has 0 saturated heterocycles. The molecule has 1 amide bonds. The highest BCUT2D eigenvalue weighted by molar-refractivity contribution is 14.0. The molecule has 0 fully saturated rings. The number of hydrogen-bond acceptors (Lipinski definition) is 4. The molecule has 138 valence electrons. The van der Waals surface area contributed by atoms with Gasteiger partial charge in [-0.3, -0.25) is 4.79 Å². The van der Waals surface area contributed by atoms with Gasteiger partial charge in [-0.25, -0.2) is 4.99 Å². The highest BCUT2D eigenvalue weighted by atomic mass is 127. The van der Waals surface area contributed by atoms with Crippen LogP contribution in [0.3, 0.4) is 0 Å². The molecule has 6 nitrogen and oxygen atoms in total. The highest BCUT2D eigenvalue weighted by Gasteiger charge is 2.05. The number of ether oxygens (including phenoxy) is 1. The quantitative estimate of drug-likeness (QED) is 0.253. The van der Waals surface area contributed by atoms with Crippen LogP contribution < -0.4 is 10.6 Å². The zero-order valence-corrected chi connectivity index (χ0v) is 18.1. The van der Waals surface area contributed by atoms with Crippen molar-refractivity contribution >= 4 is 47.2 Å². The molecule has 1 aromatic heterocycles. The van der Waals surface area contributed by atoms with Gasteiger partial charge in [0.15, 0.2) is 5.96 Å². The van der Waals surface area contributed by atoms with Crippen LogP contribution in [-0.4, -0.2) is 57.2 Å². The van der Waals surface area contributed by atoms with E-state index in [0.717, 1.165) is 26.2 Å². The molecule has 0 spiro atoms. The fourth-order valence-electron chi connectivity index (χ4n) is 1.74. The van der Waals surface area contributed by atoms with E-state index in [-0.39, 0.29) is 36.4 Å². The van der Waals surface area contributed by atoms with Gasteiger partial charge >= 0.3 is 0 Å². The summed E-state index contributed by atoms with van der Waals surface area (Å²) in [6.07, 6.45) is 0.897. The van der Waals surface area contributed by atoms with Crippen LogP contribution in [-0.2, 0) is 16.1 Å². The summed E-state index contributed by atoms with van der Waals surface area (Å²) in [6, 6.07) is 4.20. The summed E-state index contributed by atoms with van der Waals surface area (Å²) >= 11 is 1.75. The van der Waals surface area contributed by atoms with Crippen LogP contribution in [0.25, 0.3) is 0 Å². The smallest absolute Gasteiger partial charge is 0.243 e. The van der Waals surface area contributed by atoms with Crippen LogP contribution in [0.15, 0.2) is 17.1 Å². The predicted molar refractivity (Wildman–Crippen MR) is 111 cm³/mol. The van der Waals surface area contributed by atoms with E-state index in [1.807, 2.05) is 6.92 Å². The van der Waals surface area contributed by atoms with Crippen molar-refractivity contribution in [2.24, 2.45) is 4.99 Å². The molecule has 1 heterocycles. The Morgan fingerprint density at radius 1 is 1.33 bits per heavy atom. The van der Waals surface area contributed by atoms with E-state index >= 15 is 0 Å². The first-order chi connectivity index (χ1) is 11.0. The third-order valence-corrected chi connectivity index (χ3v) is 4.06. The van der Waals surface area contributed by atoms with Crippen molar-refractivity contribution in [3.63, 3.8) is 0 Å². The van der Waals surface area contributed by atoms with Crippen molar-refractivity contribution in [2.75, 3.05) is 40.4 Å². The van der Waals surface area contributed by atoms with E-state index in [2.05, 4.69) is 34.7 Å². The first kappa shape index (κ1) is 23.1. The largest absolute Gasteiger partial charge is 0.382 e. The minimum absolute atomic E-state index is 0. The van der Waals surface area contributed by atoms with Gasteiger partial charge < -0.3 is 20.3 Å². The van der Waals surface area contributed by atoms with Crippen molar-refractivity contribution in [3.8, 4) is 0 Å². The van der Waals surface area contributed by atoms with Crippen molar-refractivity contribution in [2.45, 2.75) is 26.8 Å². The molecular weight excluding hydrogens is 439 g/mol. The second-order valence-corrected chi connectivity index (χ2v) is 6.67. The van der Waals surface area contributed by atoms with Crippen LogP contribution in [0.4, 0.5) is 0 Å². The Balaban J connectivity index is 0.00000529. The van der Waals surface area contributed by atoms with Gasteiger partial charge in [0.05, 0.1) is 6.54 Å². The van der Waals surface area contributed by atoms with E-state index in [1.54, 1.807) is 30.3 Å². The van der Waals surface area contributed by atoms with Gasteiger partial charge in [-0.15, -0.1) is 35.3 Å². The Bertz CT molecular complexity index is 506. The number of rotatable bonds is 9. The summed E-state index contributed by atoms with van der Waals surface area (Å²) < 4.78 is 5.32. The third-order valence-electron chi connectivity index (χ3n) is 3.06. The van der Waals surface area contributed by atoms with Gasteiger partial charge in [-0.2, -0.15) is 0 Å². The maximum atomic E-state index is 11.7. The first-order valence-electron chi connectivity index (χ1n) is 7.88. The Kier molecular flexibility index (Phi) is 12.9. The summed E-state index contributed by atoms with van der Waals surface area (Å²) in [4.78, 5) is 20.1. The summed E-state index contributed by atoms with van der Waals surface area (Å²) in [7, 11) is 3.46. The Hall–Kier alpha value is -0.870. The number of likely N-dealkylation sites (N-methyl/N-ethyl adjacent to an activating group) is 1. The number of aryl methyl sites for hydroxylation is 1. The van der Waals surface area contributed by atoms with Crippen molar-refractivity contribution in [1.82, 2.24) is 15.5 Å². The minimum atomic E-state index is -0.0209. The minimum Gasteiger partial charge on any atom is -0.382 e. The standard InChI is InChI=1S/C16H28N4O2S.HI/c1-5-22-10-6-9-17-16(19-12-15(21)20(3)4)18-11-14-8-7-13(2)23-14;/h7-8H,5-6,9-12H2,1-4H3,(H2,17,18,19);1H. The number of aliphatic imine (C=N–C) groups is 1. The van der Waals surface area contributed by atoms with E-state index in [4.69, 9.17) is 4.74 Å². The fraction of sp³-hybridized carbons (Fsp3) is 0.625.